The number of carbonyl (C=O) groups excluding carboxylic acids is 1. The lowest BCUT2D eigenvalue weighted by Crippen LogP contribution is -2.18. The zero-order valence-corrected chi connectivity index (χ0v) is 16.6. The van der Waals surface area contributed by atoms with E-state index >= 15 is 0 Å². The summed E-state index contributed by atoms with van der Waals surface area (Å²) in [6.45, 7) is 0. The number of hydrogen-bond acceptors (Lipinski definition) is 6. The molecule has 2 aromatic heterocycles. The number of aromatic nitrogens is 4. The molecule has 1 amide bonds. The molecule has 0 radical (unpaired) electrons. The van der Waals surface area contributed by atoms with E-state index in [0.717, 1.165) is 6.20 Å². The molecule has 11 heteroatoms. The maximum atomic E-state index is 13.6. The molecule has 8 nitrogen and oxygen atoms in total. The number of anilines is 1. The summed E-state index contributed by atoms with van der Waals surface area (Å²) in [5, 5.41) is 29.7. The molecule has 164 valence electrons. The van der Waals surface area contributed by atoms with Gasteiger partial charge in [0.1, 0.15) is 22.9 Å². The molecule has 4 rings (SSSR count). The third kappa shape index (κ3) is 4.22. The number of rotatable bonds is 4. The Bertz CT molecular complexity index is 1360. The Morgan fingerprint density at radius 1 is 1.09 bits per heavy atom. The summed E-state index contributed by atoms with van der Waals surface area (Å²) >= 11 is 0. The van der Waals surface area contributed by atoms with Crippen LogP contribution in [0.25, 0.3) is 16.9 Å². The van der Waals surface area contributed by atoms with Crippen molar-refractivity contribution in [1.29, 1.82) is 5.26 Å². The first-order valence-electron chi connectivity index (χ1n) is 9.36. The van der Waals surface area contributed by atoms with Crippen LogP contribution in [0.5, 0.6) is 5.75 Å². The second kappa shape index (κ2) is 8.43. The van der Waals surface area contributed by atoms with Crippen LogP contribution in [-0.2, 0) is 6.18 Å². The molecular weight excluding hydrogens is 437 g/mol. The molecule has 0 bridgehead atoms. The van der Waals surface area contributed by atoms with Crippen LogP contribution in [0.1, 0.15) is 21.5 Å². The summed E-state index contributed by atoms with van der Waals surface area (Å²) in [4.78, 5) is 17.2. The predicted molar refractivity (Wildman–Crippen MR) is 110 cm³/mol. The predicted octanol–water partition coefficient (Wildman–Crippen LogP) is 4.18. The molecule has 33 heavy (non-hydrogen) atoms. The molecule has 0 saturated carbocycles. The summed E-state index contributed by atoms with van der Waals surface area (Å²) in [7, 11) is 0. The van der Waals surface area contributed by atoms with E-state index in [-0.39, 0.29) is 16.8 Å². The van der Waals surface area contributed by atoms with Crippen molar-refractivity contribution in [2.24, 2.45) is 0 Å². The number of benzene rings is 2. The second-order valence-electron chi connectivity index (χ2n) is 6.73. The third-order valence-electron chi connectivity index (χ3n) is 4.66. The molecule has 0 atom stereocenters. The van der Waals surface area contributed by atoms with E-state index in [0.29, 0.717) is 22.0 Å². The third-order valence-corrected chi connectivity index (χ3v) is 4.66. The Balaban J connectivity index is 1.69. The number of nitrogens with zero attached hydrogens (tertiary/aromatic N) is 5. The molecule has 4 aromatic rings. The van der Waals surface area contributed by atoms with E-state index in [1.54, 1.807) is 36.4 Å². The Morgan fingerprint density at radius 2 is 1.79 bits per heavy atom. The summed E-state index contributed by atoms with van der Waals surface area (Å²) in [5.74, 6) is -1.86. The van der Waals surface area contributed by atoms with Crippen molar-refractivity contribution in [1.82, 2.24) is 20.0 Å². The standard InChI is InChI=1S/C22H13F3N6O2/c23-22(24,25)18-10-14(12-27-20(18)31-28-8-9-29-31)30-21(33)16-7-6-15(19(32)17(16)11-26)13-4-2-1-3-5-13/h1-10,12,32H,(H,30,33). The highest BCUT2D eigenvalue weighted by Crippen LogP contribution is 2.36. The fourth-order valence-electron chi connectivity index (χ4n) is 3.16. The number of carbonyl (C=O) groups is 1. The average molecular weight is 450 g/mol. The van der Waals surface area contributed by atoms with Crippen molar-refractivity contribution in [2.45, 2.75) is 6.18 Å². The van der Waals surface area contributed by atoms with Gasteiger partial charge >= 0.3 is 6.18 Å². The monoisotopic (exact) mass is 450 g/mol. The number of aromatic hydroxyl groups is 1. The number of amides is 1. The Kier molecular flexibility index (Phi) is 5.49. The van der Waals surface area contributed by atoms with E-state index < -0.39 is 29.2 Å². The van der Waals surface area contributed by atoms with Crippen molar-refractivity contribution >= 4 is 11.6 Å². The molecule has 2 N–H and O–H groups in total. The summed E-state index contributed by atoms with van der Waals surface area (Å²) in [6, 6.07) is 13.9. The minimum Gasteiger partial charge on any atom is -0.506 e. The maximum Gasteiger partial charge on any atom is 0.420 e. The number of pyridine rings is 1. The highest BCUT2D eigenvalue weighted by atomic mass is 19.4. The molecule has 0 aliphatic carbocycles. The van der Waals surface area contributed by atoms with Gasteiger partial charge in [-0.05, 0) is 23.8 Å². The zero-order chi connectivity index (χ0) is 23.6. The first-order chi connectivity index (χ1) is 15.8. The smallest absolute Gasteiger partial charge is 0.420 e. The summed E-state index contributed by atoms with van der Waals surface area (Å²) in [5.41, 5.74) is -0.990. The van der Waals surface area contributed by atoms with Crippen molar-refractivity contribution in [3.8, 4) is 28.8 Å². The summed E-state index contributed by atoms with van der Waals surface area (Å²) in [6.07, 6.45) is -1.39. The van der Waals surface area contributed by atoms with Crippen LogP contribution in [-0.4, -0.2) is 31.0 Å². The van der Waals surface area contributed by atoms with Gasteiger partial charge in [-0.15, -0.1) is 4.80 Å². The lowest BCUT2D eigenvalue weighted by Gasteiger charge is -2.14. The van der Waals surface area contributed by atoms with E-state index in [2.05, 4.69) is 20.5 Å². The first-order valence-corrected chi connectivity index (χ1v) is 9.36. The van der Waals surface area contributed by atoms with Gasteiger partial charge in [-0.25, -0.2) is 4.98 Å². The van der Waals surface area contributed by atoms with Gasteiger partial charge in [0, 0.05) is 5.56 Å². The van der Waals surface area contributed by atoms with Crippen molar-refractivity contribution in [3.05, 3.63) is 83.8 Å². The fourth-order valence-corrected chi connectivity index (χ4v) is 3.16. The van der Waals surface area contributed by atoms with Gasteiger partial charge in [0.25, 0.3) is 5.91 Å². The van der Waals surface area contributed by atoms with Crippen LogP contribution in [0.2, 0.25) is 0 Å². The largest absolute Gasteiger partial charge is 0.506 e. The van der Waals surface area contributed by atoms with Gasteiger partial charge in [-0.3, -0.25) is 4.79 Å². The molecule has 2 heterocycles. The molecular formula is C22H13F3N6O2. The summed E-state index contributed by atoms with van der Waals surface area (Å²) < 4.78 is 40.7. The molecule has 2 aromatic carbocycles. The van der Waals surface area contributed by atoms with Crippen LogP contribution in [0.4, 0.5) is 18.9 Å². The first kappa shape index (κ1) is 21.5. The van der Waals surface area contributed by atoms with Gasteiger partial charge in [0.15, 0.2) is 5.82 Å². The lowest BCUT2D eigenvalue weighted by molar-refractivity contribution is -0.137. The van der Waals surface area contributed by atoms with Gasteiger partial charge in [-0.1, -0.05) is 30.3 Å². The number of halogens is 3. The number of phenolic OH excluding ortho intramolecular Hbond substituents is 1. The Labute approximate surface area is 184 Å². The maximum absolute atomic E-state index is 13.6. The minimum absolute atomic E-state index is 0.207. The van der Waals surface area contributed by atoms with E-state index in [1.807, 2.05) is 0 Å². The van der Waals surface area contributed by atoms with Crippen LogP contribution >= 0.6 is 0 Å². The zero-order valence-electron chi connectivity index (χ0n) is 16.6. The SMILES string of the molecule is N#Cc1c(C(=O)Nc2cnc(-n3nccn3)c(C(F)(F)F)c2)ccc(-c2ccccc2)c1O. The molecule has 0 saturated heterocycles. The van der Waals surface area contributed by atoms with Crippen LogP contribution in [0, 0.1) is 11.3 Å². The van der Waals surface area contributed by atoms with E-state index in [4.69, 9.17) is 0 Å². The van der Waals surface area contributed by atoms with Crippen LogP contribution in [0.3, 0.4) is 0 Å². The van der Waals surface area contributed by atoms with Crippen molar-refractivity contribution in [3.63, 3.8) is 0 Å². The molecule has 0 fully saturated rings. The van der Waals surface area contributed by atoms with Gasteiger partial charge < -0.3 is 10.4 Å². The average Bonchev–Trinajstić information content (AvgIpc) is 3.33. The highest BCUT2D eigenvalue weighted by Gasteiger charge is 2.36. The quantitative estimate of drug-likeness (QED) is 0.482. The lowest BCUT2D eigenvalue weighted by atomic mass is 9.97. The Hall–Kier alpha value is -4.72. The molecule has 0 aliphatic rings. The molecule has 0 spiro atoms. The number of hydrogen-bond donors (Lipinski definition) is 2. The minimum atomic E-state index is -4.80. The number of alkyl halides is 3. The van der Waals surface area contributed by atoms with Crippen molar-refractivity contribution < 1.29 is 23.1 Å². The van der Waals surface area contributed by atoms with Gasteiger partial charge in [0.05, 0.1) is 29.8 Å². The normalized spacial score (nSPS) is 11.1. The number of phenols is 1. The van der Waals surface area contributed by atoms with E-state index in [1.165, 1.54) is 24.5 Å². The van der Waals surface area contributed by atoms with E-state index in [9.17, 15) is 28.3 Å². The van der Waals surface area contributed by atoms with Gasteiger partial charge in [0.2, 0.25) is 0 Å². The van der Waals surface area contributed by atoms with Crippen molar-refractivity contribution in [2.75, 3.05) is 5.32 Å². The highest BCUT2D eigenvalue weighted by molar-refractivity contribution is 6.07. The topological polar surface area (TPSA) is 117 Å². The number of nitriles is 1. The van der Waals surface area contributed by atoms with Gasteiger partial charge in [-0.2, -0.15) is 28.6 Å². The van der Waals surface area contributed by atoms with Crippen LogP contribution in [0.15, 0.2) is 67.1 Å². The second-order valence-corrected chi connectivity index (χ2v) is 6.73. The van der Waals surface area contributed by atoms with Crippen LogP contribution < -0.4 is 5.32 Å². The molecule has 0 aliphatic heterocycles. The number of nitrogens with one attached hydrogen (secondary N) is 1. The Morgan fingerprint density at radius 3 is 2.42 bits per heavy atom. The fraction of sp³-hybridized carbons (Fsp3) is 0.0455. The molecule has 0 unspecified atom stereocenters.